The lowest BCUT2D eigenvalue weighted by molar-refractivity contribution is -0.116. The summed E-state index contributed by atoms with van der Waals surface area (Å²) in [7, 11) is 0. The fourth-order valence-corrected chi connectivity index (χ4v) is 2.45. The second kappa shape index (κ2) is 6.76. The van der Waals surface area contributed by atoms with Crippen molar-refractivity contribution in [2.24, 2.45) is 0 Å². The summed E-state index contributed by atoms with van der Waals surface area (Å²) in [6.07, 6.45) is 5.55. The highest BCUT2D eigenvalue weighted by molar-refractivity contribution is 6.34. The van der Waals surface area contributed by atoms with Crippen LogP contribution in [0, 0.1) is 0 Å². The third kappa shape index (κ3) is 3.84. The number of hydrogen-bond acceptors (Lipinski definition) is 2. The van der Waals surface area contributed by atoms with Gasteiger partial charge in [-0.05, 0) is 55.0 Å². The number of hydrogen-bond donors (Lipinski definition) is 0. The number of allylic oxidation sites excluding steroid dienone is 1. The molecule has 1 aromatic rings. The molecule has 1 saturated carbocycles. The van der Waals surface area contributed by atoms with E-state index in [1.165, 1.54) is 0 Å². The summed E-state index contributed by atoms with van der Waals surface area (Å²) in [4.78, 5) is 11.9. The molecule has 102 valence electrons. The van der Waals surface area contributed by atoms with E-state index in [1.807, 2.05) is 30.3 Å². The largest absolute Gasteiger partial charge is 0.494 e. The monoisotopic (exact) mass is 278 g/mol. The molecule has 0 spiro atoms. The summed E-state index contributed by atoms with van der Waals surface area (Å²) in [5, 5.41) is -0.341. The molecule has 1 aromatic carbocycles. The van der Waals surface area contributed by atoms with Crippen molar-refractivity contribution in [1.29, 1.82) is 0 Å². The Balaban J connectivity index is 2.07. The van der Waals surface area contributed by atoms with Gasteiger partial charge in [-0.25, -0.2) is 0 Å². The van der Waals surface area contributed by atoms with Gasteiger partial charge in [-0.1, -0.05) is 19.1 Å². The quantitative estimate of drug-likeness (QED) is 0.609. The van der Waals surface area contributed by atoms with E-state index in [2.05, 4.69) is 6.92 Å². The zero-order valence-electron chi connectivity index (χ0n) is 11.2. The first-order valence-electron chi connectivity index (χ1n) is 6.82. The number of benzene rings is 1. The highest BCUT2D eigenvalue weighted by Crippen LogP contribution is 2.26. The van der Waals surface area contributed by atoms with Crippen LogP contribution >= 0.6 is 11.6 Å². The first-order valence-corrected chi connectivity index (χ1v) is 7.26. The molecule has 0 radical (unpaired) electrons. The zero-order chi connectivity index (χ0) is 13.7. The van der Waals surface area contributed by atoms with Crippen molar-refractivity contribution < 1.29 is 9.53 Å². The van der Waals surface area contributed by atoms with Crippen LogP contribution in [-0.2, 0) is 4.79 Å². The van der Waals surface area contributed by atoms with Crippen LogP contribution in [0.15, 0.2) is 29.8 Å². The number of alkyl halides is 1. The molecule has 1 aliphatic rings. The number of halogens is 1. The zero-order valence-corrected chi connectivity index (χ0v) is 12.0. The van der Waals surface area contributed by atoms with Gasteiger partial charge < -0.3 is 4.74 Å². The van der Waals surface area contributed by atoms with Crippen LogP contribution in [0.2, 0.25) is 0 Å². The predicted molar refractivity (Wildman–Crippen MR) is 78.7 cm³/mol. The van der Waals surface area contributed by atoms with Crippen LogP contribution < -0.4 is 4.74 Å². The highest BCUT2D eigenvalue weighted by Gasteiger charge is 2.24. The van der Waals surface area contributed by atoms with E-state index in [1.54, 1.807) is 0 Å². The predicted octanol–water partition coefficient (Wildman–Crippen LogP) is 4.22. The van der Waals surface area contributed by atoms with Gasteiger partial charge in [-0.2, -0.15) is 0 Å². The second-order valence-corrected chi connectivity index (χ2v) is 5.34. The molecule has 0 aliphatic heterocycles. The number of rotatable bonds is 4. The van der Waals surface area contributed by atoms with Crippen molar-refractivity contribution in [3.05, 3.63) is 35.4 Å². The second-order valence-electron chi connectivity index (χ2n) is 4.81. The Morgan fingerprint density at radius 3 is 2.79 bits per heavy atom. The minimum atomic E-state index is -0.341. The Kier molecular flexibility index (Phi) is 5.03. The van der Waals surface area contributed by atoms with Crippen LogP contribution in [0.1, 0.15) is 38.2 Å². The fraction of sp³-hybridized carbons (Fsp3) is 0.438. The van der Waals surface area contributed by atoms with Crippen LogP contribution in [0.5, 0.6) is 5.75 Å². The van der Waals surface area contributed by atoms with E-state index in [4.69, 9.17) is 16.3 Å². The van der Waals surface area contributed by atoms with E-state index in [-0.39, 0.29) is 11.2 Å². The number of carbonyl (C=O) groups is 1. The van der Waals surface area contributed by atoms with Crippen LogP contribution in [0.4, 0.5) is 0 Å². The summed E-state index contributed by atoms with van der Waals surface area (Å²) in [5.74, 6) is 0.952. The normalized spacial score (nSPS) is 21.7. The molecule has 2 rings (SSSR count). The topological polar surface area (TPSA) is 26.3 Å². The number of carbonyl (C=O) groups excluding carboxylic acids is 1. The lowest BCUT2D eigenvalue weighted by Crippen LogP contribution is -2.21. The van der Waals surface area contributed by atoms with Crippen molar-refractivity contribution >= 4 is 23.5 Å². The Labute approximate surface area is 119 Å². The summed E-state index contributed by atoms with van der Waals surface area (Å²) in [6, 6.07) is 7.83. The maximum absolute atomic E-state index is 11.9. The third-order valence-corrected chi connectivity index (χ3v) is 3.61. The van der Waals surface area contributed by atoms with Crippen LogP contribution in [0.3, 0.4) is 0 Å². The van der Waals surface area contributed by atoms with E-state index in [0.29, 0.717) is 0 Å². The molecule has 2 nitrogen and oxygen atoms in total. The Bertz CT molecular complexity index is 462. The molecular weight excluding hydrogens is 260 g/mol. The molecule has 1 aliphatic carbocycles. The number of ketones is 1. The lowest BCUT2D eigenvalue weighted by atomic mass is 9.91. The van der Waals surface area contributed by atoms with Crippen LogP contribution in [-0.4, -0.2) is 17.8 Å². The molecule has 0 bridgehead atoms. The van der Waals surface area contributed by atoms with Gasteiger partial charge in [0.1, 0.15) is 5.75 Å². The van der Waals surface area contributed by atoms with Gasteiger partial charge in [0.05, 0.1) is 12.0 Å². The third-order valence-electron chi connectivity index (χ3n) is 3.20. The summed E-state index contributed by atoms with van der Waals surface area (Å²) in [5.41, 5.74) is 1.87. The standard InChI is InChI=1S/C16H19ClO2/c1-2-10-19-14-8-6-12(7-9-14)11-13-4-3-5-15(17)16(13)18/h6-9,11,15H,2-5,10H2,1H3. The van der Waals surface area contributed by atoms with Crippen molar-refractivity contribution in [1.82, 2.24) is 0 Å². The molecule has 0 saturated heterocycles. The molecule has 0 amide bonds. The molecule has 3 heteroatoms. The summed E-state index contributed by atoms with van der Waals surface area (Å²) < 4.78 is 5.53. The molecule has 1 fully saturated rings. The van der Waals surface area contributed by atoms with Gasteiger partial charge in [-0.3, -0.25) is 4.79 Å². The van der Waals surface area contributed by atoms with Crippen molar-refractivity contribution in [2.75, 3.05) is 6.61 Å². The molecular formula is C16H19ClO2. The smallest absolute Gasteiger partial charge is 0.176 e. The van der Waals surface area contributed by atoms with Gasteiger partial charge in [0.25, 0.3) is 0 Å². The summed E-state index contributed by atoms with van der Waals surface area (Å²) in [6.45, 7) is 2.81. The summed E-state index contributed by atoms with van der Waals surface area (Å²) >= 11 is 6.00. The molecule has 19 heavy (non-hydrogen) atoms. The lowest BCUT2D eigenvalue weighted by Gasteiger charge is -2.17. The average molecular weight is 279 g/mol. The van der Waals surface area contributed by atoms with Gasteiger partial charge in [0.15, 0.2) is 5.78 Å². The van der Waals surface area contributed by atoms with Gasteiger partial charge >= 0.3 is 0 Å². The highest BCUT2D eigenvalue weighted by atomic mass is 35.5. The van der Waals surface area contributed by atoms with Gasteiger partial charge in [-0.15, -0.1) is 11.6 Å². The molecule has 0 aromatic heterocycles. The first-order chi connectivity index (χ1) is 9.20. The van der Waals surface area contributed by atoms with E-state index < -0.39 is 0 Å². The van der Waals surface area contributed by atoms with Gasteiger partial charge in [0.2, 0.25) is 0 Å². The SMILES string of the molecule is CCCOc1ccc(C=C2CCCC(Cl)C2=O)cc1. The first kappa shape index (κ1) is 14.1. The fourth-order valence-electron chi connectivity index (χ4n) is 2.15. The van der Waals surface area contributed by atoms with Crippen molar-refractivity contribution in [2.45, 2.75) is 38.0 Å². The van der Waals surface area contributed by atoms with Crippen molar-refractivity contribution in [3.8, 4) is 5.75 Å². The van der Waals surface area contributed by atoms with Crippen LogP contribution in [0.25, 0.3) is 6.08 Å². The molecule has 0 N–H and O–H groups in total. The van der Waals surface area contributed by atoms with E-state index in [9.17, 15) is 4.79 Å². The minimum Gasteiger partial charge on any atom is -0.494 e. The molecule has 1 atom stereocenters. The average Bonchev–Trinajstić information content (AvgIpc) is 2.43. The maximum Gasteiger partial charge on any atom is 0.176 e. The van der Waals surface area contributed by atoms with Gasteiger partial charge in [0, 0.05) is 0 Å². The number of Topliss-reactive ketones (excluding diaryl/α,β-unsaturated/α-hetero) is 1. The van der Waals surface area contributed by atoms with Crippen molar-refractivity contribution in [3.63, 3.8) is 0 Å². The molecule has 0 heterocycles. The van der Waals surface area contributed by atoms with E-state index in [0.717, 1.165) is 49.2 Å². The molecule has 1 unspecified atom stereocenters. The Morgan fingerprint density at radius 2 is 2.11 bits per heavy atom. The maximum atomic E-state index is 11.9. The Morgan fingerprint density at radius 1 is 1.37 bits per heavy atom. The number of ether oxygens (including phenoxy) is 1. The van der Waals surface area contributed by atoms with E-state index >= 15 is 0 Å². The minimum absolute atomic E-state index is 0.0826. The Hall–Kier alpha value is -1.28.